The number of ether oxygens (including phenoxy) is 1. The van der Waals surface area contributed by atoms with Crippen molar-refractivity contribution in [3.63, 3.8) is 0 Å². The van der Waals surface area contributed by atoms with Crippen LogP contribution < -0.4 is 10.6 Å². The summed E-state index contributed by atoms with van der Waals surface area (Å²) in [5, 5.41) is 16.5. The number of morpholine rings is 1. The van der Waals surface area contributed by atoms with Crippen LogP contribution in [0, 0.1) is 12.3 Å². The van der Waals surface area contributed by atoms with Gasteiger partial charge in [0.1, 0.15) is 0 Å². The highest BCUT2D eigenvalue weighted by Gasteiger charge is 2.26. The molecule has 6 heteroatoms. The van der Waals surface area contributed by atoms with Gasteiger partial charge in [0.15, 0.2) is 5.96 Å². The van der Waals surface area contributed by atoms with E-state index in [0.29, 0.717) is 0 Å². The number of nitrogens with zero attached hydrogens (tertiary/aromatic N) is 2. The molecule has 1 unspecified atom stereocenters. The van der Waals surface area contributed by atoms with Crippen molar-refractivity contribution in [1.29, 1.82) is 0 Å². The van der Waals surface area contributed by atoms with Gasteiger partial charge in [0.2, 0.25) is 0 Å². The summed E-state index contributed by atoms with van der Waals surface area (Å²) in [7, 11) is 0. The quantitative estimate of drug-likeness (QED) is 0.381. The van der Waals surface area contributed by atoms with Crippen molar-refractivity contribution in [3.8, 4) is 0 Å². The first-order chi connectivity index (χ1) is 14.6. The summed E-state index contributed by atoms with van der Waals surface area (Å²) in [5.74, 6) is 0.854. The van der Waals surface area contributed by atoms with E-state index in [2.05, 4.69) is 67.5 Å². The van der Waals surface area contributed by atoms with Gasteiger partial charge in [-0.2, -0.15) is 0 Å². The molecule has 1 aliphatic heterocycles. The van der Waals surface area contributed by atoms with E-state index < -0.39 is 0 Å². The fraction of sp³-hybridized carbons (Fsp3) is 0.708. The lowest BCUT2D eigenvalue weighted by Crippen LogP contribution is -2.46. The molecule has 1 aliphatic rings. The van der Waals surface area contributed by atoms with Crippen LogP contribution in [0.25, 0.3) is 0 Å². The van der Waals surface area contributed by atoms with Crippen LogP contribution in [0.3, 0.4) is 0 Å². The molecule has 0 aromatic heterocycles. The summed E-state index contributed by atoms with van der Waals surface area (Å²) in [6, 6.07) is 9.13. The van der Waals surface area contributed by atoms with E-state index in [1.54, 1.807) is 0 Å². The third-order valence-electron chi connectivity index (χ3n) is 6.47. The predicted molar refractivity (Wildman–Crippen MR) is 125 cm³/mol. The van der Waals surface area contributed by atoms with Crippen molar-refractivity contribution in [1.82, 2.24) is 15.5 Å². The molecule has 1 fully saturated rings. The Balaban J connectivity index is 2.13. The molecule has 1 aromatic rings. The molecule has 3 N–H and O–H groups in total. The standard InChI is InChI=1S/C24H42N4O2/c1-5-24(6-2,12-15-29)19-27-23(25-7-3)26-18-22(28-13-16-30-17-14-28)21-10-8-20(4)9-11-21/h8-11,22,29H,5-7,12-19H2,1-4H3,(H2,25,26,27). The SMILES string of the molecule is CCNC(=NCC(CC)(CC)CCO)NCC(c1ccc(C)cc1)N1CCOCC1. The summed E-state index contributed by atoms with van der Waals surface area (Å²) in [6.45, 7) is 14.6. The van der Waals surface area contributed by atoms with Crippen molar-refractivity contribution in [2.45, 2.75) is 53.0 Å². The van der Waals surface area contributed by atoms with Gasteiger partial charge >= 0.3 is 0 Å². The molecule has 0 aliphatic carbocycles. The number of guanidine groups is 1. The van der Waals surface area contributed by atoms with Crippen LogP contribution in [0.4, 0.5) is 0 Å². The summed E-state index contributed by atoms with van der Waals surface area (Å²) in [5.41, 5.74) is 2.67. The van der Waals surface area contributed by atoms with E-state index in [1.165, 1.54) is 11.1 Å². The lowest BCUT2D eigenvalue weighted by atomic mass is 9.79. The number of aliphatic imine (C=N–C) groups is 1. The molecule has 2 rings (SSSR count). The Labute approximate surface area is 183 Å². The number of aliphatic hydroxyl groups excluding tert-OH is 1. The van der Waals surface area contributed by atoms with Gasteiger partial charge in [0.25, 0.3) is 0 Å². The smallest absolute Gasteiger partial charge is 0.191 e. The Kier molecular flexibility index (Phi) is 10.6. The molecule has 0 saturated carbocycles. The number of aryl methyl sites for hydroxylation is 1. The van der Waals surface area contributed by atoms with Crippen LogP contribution in [0.2, 0.25) is 0 Å². The maximum atomic E-state index is 9.50. The van der Waals surface area contributed by atoms with Crippen molar-refractivity contribution >= 4 is 5.96 Å². The number of hydrogen-bond donors (Lipinski definition) is 3. The molecular formula is C24H42N4O2. The second kappa shape index (κ2) is 12.9. The zero-order valence-electron chi connectivity index (χ0n) is 19.4. The normalized spacial score (nSPS) is 17.0. The van der Waals surface area contributed by atoms with Crippen LogP contribution in [0.15, 0.2) is 29.3 Å². The molecule has 1 aromatic carbocycles. The molecule has 0 radical (unpaired) electrons. The average molecular weight is 419 g/mol. The number of aliphatic hydroxyl groups is 1. The molecular weight excluding hydrogens is 376 g/mol. The highest BCUT2D eigenvalue weighted by Crippen LogP contribution is 2.30. The Bertz CT molecular complexity index is 623. The van der Waals surface area contributed by atoms with Crippen LogP contribution in [-0.4, -0.2) is 68.5 Å². The molecule has 6 nitrogen and oxygen atoms in total. The fourth-order valence-corrected chi connectivity index (χ4v) is 4.06. The first-order valence-electron chi connectivity index (χ1n) is 11.6. The summed E-state index contributed by atoms with van der Waals surface area (Å²) >= 11 is 0. The van der Waals surface area contributed by atoms with Crippen molar-refractivity contribution in [2.24, 2.45) is 10.4 Å². The Morgan fingerprint density at radius 3 is 2.37 bits per heavy atom. The van der Waals surface area contributed by atoms with E-state index in [4.69, 9.17) is 9.73 Å². The summed E-state index contributed by atoms with van der Waals surface area (Å²) < 4.78 is 5.57. The molecule has 170 valence electrons. The molecule has 0 bridgehead atoms. The van der Waals surface area contributed by atoms with Gasteiger partial charge in [0.05, 0.1) is 19.3 Å². The zero-order valence-corrected chi connectivity index (χ0v) is 19.4. The van der Waals surface area contributed by atoms with E-state index in [-0.39, 0.29) is 18.1 Å². The molecule has 1 atom stereocenters. The molecule has 30 heavy (non-hydrogen) atoms. The third kappa shape index (κ3) is 7.25. The topological polar surface area (TPSA) is 69.1 Å². The monoisotopic (exact) mass is 418 g/mol. The highest BCUT2D eigenvalue weighted by atomic mass is 16.5. The molecule has 0 spiro atoms. The molecule has 1 saturated heterocycles. The lowest BCUT2D eigenvalue weighted by molar-refractivity contribution is 0.0170. The summed E-state index contributed by atoms with van der Waals surface area (Å²) in [4.78, 5) is 7.41. The third-order valence-corrected chi connectivity index (χ3v) is 6.47. The van der Waals surface area contributed by atoms with Gasteiger partial charge in [-0.05, 0) is 44.1 Å². The number of benzene rings is 1. The van der Waals surface area contributed by atoms with Gasteiger partial charge in [-0.3, -0.25) is 9.89 Å². The van der Waals surface area contributed by atoms with Gasteiger partial charge in [-0.15, -0.1) is 0 Å². The van der Waals surface area contributed by atoms with Crippen molar-refractivity contribution in [2.75, 3.05) is 52.5 Å². The number of hydrogen-bond acceptors (Lipinski definition) is 4. The van der Waals surface area contributed by atoms with Gasteiger partial charge in [-0.1, -0.05) is 43.7 Å². The first-order valence-corrected chi connectivity index (χ1v) is 11.6. The van der Waals surface area contributed by atoms with Crippen molar-refractivity contribution < 1.29 is 9.84 Å². The Hall–Kier alpha value is -1.63. The minimum absolute atomic E-state index is 0.0671. The maximum Gasteiger partial charge on any atom is 0.191 e. The Morgan fingerprint density at radius 2 is 1.80 bits per heavy atom. The predicted octanol–water partition coefficient (Wildman–Crippen LogP) is 3.11. The minimum Gasteiger partial charge on any atom is -0.396 e. The number of rotatable bonds is 11. The van der Waals surface area contributed by atoms with E-state index in [0.717, 1.165) is 71.2 Å². The molecule has 1 heterocycles. The first kappa shape index (κ1) is 24.6. The number of nitrogens with one attached hydrogen (secondary N) is 2. The molecule has 0 amide bonds. The van der Waals surface area contributed by atoms with Gasteiger partial charge < -0.3 is 20.5 Å². The largest absolute Gasteiger partial charge is 0.396 e. The second-order valence-electron chi connectivity index (χ2n) is 8.33. The lowest BCUT2D eigenvalue weighted by Gasteiger charge is -2.35. The fourth-order valence-electron chi connectivity index (χ4n) is 4.06. The van der Waals surface area contributed by atoms with E-state index in [1.807, 2.05) is 0 Å². The zero-order chi connectivity index (χ0) is 21.8. The van der Waals surface area contributed by atoms with Gasteiger partial charge in [0, 0.05) is 39.3 Å². The Morgan fingerprint density at radius 1 is 1.13 bits per heavy atom. The van der Waals surface area contributed by atoms with Crippen LogP contribution >= 0.6 is 0 Å². The minimum atomic E-state index is 0.0671. The van der Waals surface area contributed by atoms with E-state index >= 15 is 0 Å². The average Bonchev–Trinajstić information content (AvgIpc) is 2.78. The van der Waals surface area contributed by atoms with Crippen LogP contribution in [0.1, 0.15) is 57.2 Å². The van der Waals surface area contributed by atoms with Crippen molar-refractivity contribution in [3.05, 3.63) is 35.4 Å². The second-order valence-corrected chi connectivity index (χ2v) is 8.33. The summed E-state index contributed by atoms with van der Waals surface area (Å²) in [6.07, 6.45) is 2.84. The van der Waals surface area contributed by atoms with Crippen LogP contribution in [0.5, 0.6) is 0 Å². The van der Waals surface area contributed by atoms with E-state index in [9.17, 15) is 5.11 Å². The maximum absolute atomic E-state index is 9.50. The highest BCUT2D eigenvalue weighted by molar-refractivity contribution is 5.79. The van der Waals surface area contributed by atoms with Crippen LogP contribution in [-0.2, 0) is 4.74 Å². The van der Waals surface area contributed by atoms with Gasteiger partial charge in [-0.25, -0.2) is 0 Å².